The molecule has 1 aliphatic rings. The molecule has 0 aromatic heterocycles. The van der Waals surface area contributed by atoms with E-state index in [0.717, 1.165) is 42.2 Å². The summed E-state index contributed by atoms with van der Waals surface area (Å²) in [5.74, 6) is 1.35. The Morgan fingerprint density at radius 2 is 2.00 bits per heavy atom. The van der Waals surface area contributed by atoms with Gasteiger partial charge in [-0.25, -0.2) is 0 Å². The van der Waals surface area contributed by atoms with Gasteiger partial charge in [0.1, 0.15) is 18.1 Å². The first kappa shape index (κ1) is 19.2. The number of ether oxygens (including phenoxy) is 3. The summed E-state index contributed by atoms with van der Waals surface area (Å²) in [5.41, 5.74) is 1.73. The highest BCUT2D eigenvalue weighted by Gasteiger charge is 2.19. The van der Waals surface area contributed by atoms with Crippen molar-refractivity contribution in [2.75, 3.05) is 18.5 Å². The van der Waals surface area contributed by atoms with Gasteiger partial charge in [-0.3, -0.25) is 4.79 Å². The standard InChI is InChI=1S/C22H27NO4/c1-3-20(27-21-9-5-4-7-16(21)2)22(24)23-17-10-12-18(13-11-17)26-15-19-8-6-14-25-19/h4-5,7,9-13,19-20H,3,6,8,14-15H2,1-2H3,(H,23,24)/t19-,20+/m0/s1. The SMILES string of the molecule is CC[C@@H](Oc1ccccc1C)C(=O)Nc1ccc(OC[C@@H]2CCCO2)cc1. The topological polar surface area (TPSA) is 56.8 Å². The highest BCUT2D eigenvalue weighted by Crippen LogP contribution is 2.21. The first-order chi connectivity index (χ1) is 13.2. The van der Waals surface area contributed by atoms with Crippen molar-refractivity contribution in [3.63, 3.8) is 0 Å². The molecule has 2 atom stereocenters. The normalized spacial score (nSPS) is 17.3. The lowest BCUT2D eigenvalue weighted by Gasteiger charge is -2.18. The fourth-order valence-corrected chi connectivity index (χ4v) is 2.99. The fraction of sp³-hybridized carbons (Fsp3) is 0.409. The van der Waals surface area contributed by atoms with Crippen molar-refractivity contribution in [3.05, 3.63) is 54.1 Å². The van der Waals surface area contributed by atoms with E-state index in [1.165, 1.54) is 0 Å². The van der Waals surface area contributed by atoms with E-state index in [0.29, 0.717) is 13.0 Å². The number of carbonyl (C=O) groups excluding carboxylic acids is 1. The van der Waals surface area contributed by atoms with Gasteiger partial charge < -0.3 is 19.5 Å². The second-order valence-electron chi connectivity index (χ2n) is 6.74. The molecule has 0 bridgehead atoms. The second-order valence-corrected chi connectivity index (χ2v) is 6.74. The van der Waals surface area contributed by atoms with E-state index >= 15 is 0 Å². The highest BCUT2D eigenvalue weighted by atomic mass is 16.5. The summed E-state index contributed by atoms with van der Waals surface area (Å²) in [4.78, 5) is 12.6. The molecule has 2 aromatic rings. The van der Waals surface area contributed by atoms with Crippen LogP contribution >= 0.6 is 0 Å². The number of rotatable bonds is 8. The van der Waals surface area contributed by atoms with Gasteiger partial charge >= 0.3 is 0 Å². The van der Waals surface area contributed by atoms with Crippen molar-refractivity contribution in [3.8, 4) is 11.5 Å². The van der Waals surface area contributed by atoms with Gasteiger partial charge in [-0.05, 0) is 62.1 Å². The molecule has 0 spiro atoms. The van der Waals surface area contributed by atoms with Crippen LogP contribution in [0.4, 0.5) is 5.69 Å². The number of anilines is 1. The lowest BCUT2D eigenvalue weighted by atomic mass is 10.2. The van der Waals surface area contributed by atoms with E-state index in [2.05, 4.69) is 5.32 Å². The van der Waals surface area contributed by atoms with E-state index in [1.807, 2.05) is 62.4 Å². The molecule has 5 nitrogen and oxygen atoms in total. The van der Waals surface area contributed by atoms with Crippen LogP contribution in [0.2, 0.25) is 0 Å². The van der Waals surface area contributed by atoms with Gasteiger partial charge in [0.15, 0.2) is 6.10 Å². The van der Waals surface area contributed by atoms with Gasteiger partial charge in [0, 0.05) is 12.3 Å². The van der Waals surface area contributed by atoms with Crippen molar-refractivity contribution >= 4 is 11.6 Å². The minimum atomic E-state index is -0.540. The lowest BCUT2D eigenvalue weighted by Crippen LogP contribution is -2.32. The third-order valence-electron chi connectivity index (χ3n) is 4.61. The molecule has 0 unspecified atom stereocenters. The fourth-order valence-electron chi connectivity index (χ4n) is 2.99. The number of nitrogens with one attached hydrogen (secondary N) is 1. The molecule has 1 amide bonds. The Morgan fingerprint density at radius 1 is 1.22 bits per heavy atom. The van der Waals surface area contributed by atoms with Gasteiger partial charge in [0.2, 0.25) is 0 Å². The third-order valence-corrected chi connectivity index (χ3v) is 4.61. The van der Waals surface area contributed by atoms with Crippen LogP contribution in [-0.2, 0) is 9.53 Å². The Balaban J connectivity index is 1.53. The largest absolute Gasteiger partial charge is 0.491 e. The van der Waals surface area contributed by atoms with E-state index in [1.54, 1.807) is 0 Å². The molecule has 1 fully saturated rings. The monoisotopic (exact) mass is 369 g/mol. The van der Waals surface area contributed by atoms with Crippen LogP contribution in [0.3, 0.4) is 0 Å². The van der Waals surface area contributed by atoms with Crippen molar-refractivity contribution in [2.45, 2.75) is 45.3 Å². The lowest BCUT2D eigenvalue weighted by molar-refractivity contribution is -0.122. The molecule has 1 saturated heterocycles. The number of hydrogen-bond acceptors (Lipinski definition) is 4. The van der Waals surface area contributed by atoms with Crippen molar-refractivity contribution in [1.29, 1.82) is 0 Å². The molecule has 1 aliphatic heterocycles. The van der Waals surface area contributed by atoms with E-state index in [9.17, 15) is 4.79 Å². The Morgan fingerprint density at radius 3 is 2.67 bits per heavy atom. The zero-order valence-electron chi connectivity index (χ0n) is 15.9. The van der Waals surface area contributed by atoms with Crippen LogP contribution in [0.1, 0.15) is 31.7 Å². The molecule has 0 saturated carbocycles. The summed E-state index contributed by atoms with van der Waals surface area (Å²) in [6.45, 7) is 5.29. The van der Waals surface area contributed by atoms with Crippen LogP contribution in [-0.4, -0.2) is 31.3 Å². The van der Waals surface area contributed by atoms with Gasteiger partial charge in [0.05, 0.1) is 6.10 Å². The Bertz CT molecular complexity index is 738. The zero-order chi connectivity index (χ0) is 19.1. The van der Waals surface area contributed by atoms with E-state index < -0.39 is 6.10 Å². The molecule has 144 valence electrons. The van der Waals surface area contributed by atoms with Gasteiger partial charge in [-0.2, -0.15) is 0 Å². The smallest absolute Gasteiger partial charge is 0.265 e. The van der Waals surface area contributed by atoms with Crippen LogP contribution in [0.25, 0.3) is 0 Å². The molecule has 1 N–H and O–H groups in total. The maximum atomic E-state index is 12.6. The molecule has 0 aliphatic carbocycles. The summed E-state index contributed by atoms with van der Waals surface area (Å²) in [5, 5.41) is 2.91. The third kappa shape index (κ3) is 5.47. The number of para-hydroxylation sites is 1. The molecule has 0 radical (unpaired) electrons. The maximum absolute atomic E-state index is 12.6. The summed E-state index contributed by atoms with van der Waals surface area (Å²) in [7, 11) is 0. The number of amides is 1. The Labute approximate surface area is 160 Å². The second kappa shape index (κ2) is 9.42. The molecule has 27 heavy (non-hydrogen) atoms. The summed E-state index contributed by atoms with van der Waals surface area (Å²) < 4.78 is 17.2. The van der Waals surface area contributed by atoms with Gasteiger partial charge in [-0.1, -0.05) is 25.1 Å². The van der Waals surface area contributed by atoms with Gasteiger partial charge in [0.25, 0.3) is 5.91 Å². The number of carbonyl (C=O) groups is 1. The quantitative estimate of drug-likeness (QED) is 0.752. The van der Waals surface area contributed by atoms with Crippen LogP contribution in [0.5, 0.6) is 11.5 Å². The maximum Gasteiger partial charge on any atom is 0.265 e. The summed E-state index contributed by atoms with van der Waals surface area (Å²) >= 11 is 0. The molecular formula is C22H27NO4. The van der Waals surface area contributed by atoms with Crippen molar-refractivity contribution in [2.24, 2.45) is 0 Å². The minimum absolute atomic E-state index is 0.159. The molecule has 2 aromatic carbocycles. The van der Waals surface area contributed by atoms with Crippen LogP contribution in [0, 0.1) is 6.92 Å². The number of benzene rings is 2. The highest BCUT2D eigenvalue weighted by molar-refractivity contribution is 5.94. The van der Waals surface area contributed by atoms with Crippen LogP contribution in [0.15, 0.2) is 48.5 Å². The summed E-state index contributed by atoms with van der Waals surface area (Å²) in [6, 6.07) is 15.1. The van der Waals surface area contributed by atoms with E-state index in [4.69, 9.17) is 14.2 Å². The average molecular weight is 369 g/mol. The first-order valence-corrected chi connectivity index (χ1v) is 9.53. The minimum Gasteiger partial charge on any atom is -0.491 e. The molecule has 1 heterocycles. The molecule has 3 rings (SSSR count). The van der Waals surface area contributed by atoms with E-state index in [-0.39, 0.29) is 12.0 Å². The predicted octanol–water partition coefficient (Wildman–Crippen LogP) is 4.35. The first-order valence-electron chi connectivity index (χ1n) is 9.53. The number of hydrogen-bond donors (Lipinski definition) is 1. The Hall–Kier alpha value is -2.53. The summed E-state index contributed by atoms with van der Waals surface area (Å²) in [6.07, 6.45) is 2.38. The zero-order valence-corrected chi connectivity index (χ0v) is 15.9. The molecular weight excluding hydrogens is 342 g/mol. The van der Waals surface area contributed by atoms with Crippen molar-refractivity contribution in [1.82, 2.24) is 0 Å². The van der Waals surface area contributed by atoms with Gasteiger partial charge in [-0.15, -0.1) is 0 Å². The number of aryl methyl sites for hydroxylation is 1. The predicted molar refractivity (Wildman–Crippen MR) is 105 cm³/mol. The van der Waals surface area contributed by atoms with Crippen LogP contribution < -0.4 is 14.8 Å². The molecule has 5 heteroatoms. The van der Waals surface area contributed by atoms with Crippen molar-refractivity contribution < 1.29 is 19.0 Å². The average Bonchev–Trinajstić information content (AvgIpc) is 3.20. The Kier molecular flexibility index (Phi) is 6.71.